The summed E-state index contributed by atoms with van der Waals surface area (Å²) >= 11 is 0. The number of carbonyl (C=O) groups is 2. The first-order chi connectivity index (χ1) is 9.38. The minimum absolute atomic E-state index is 0.106. The Morgan fingerprint density at radius 3 is 2.45 bits per heavy atom. The van der Waals surface area contributed by atoms with E-state index >= 15 is 0 Å². The van der Waals surface area contributed by atoms with E-state index in [0.29, 0.717) is 4.73 Å². The molecule has 10 nitrogen and oxygen atoms in total. The first kappa shape index (κ1) is 13.1. The zero-order chi connectivity index (χ0) is 14.9. The van der Waals surface area contributed by atoms with Gasteiger partial charge < -0.3 is 14.9 Å². The van der Waals surface area contributed by atoms with Gasteiger partial charge in [0.2, 0.25) is 5.88 Å². The van der Waals surface area contributed by atoms with Gasteiger partial charge >= 0.3 is 12.3 Å². The largest absolute Gasteiger partial charge is 0.531 e. The van der Waals surface area contributed by atoms with Crippen LogP contribution in [-0.4, -0.2) is 32.2 Å². The fourth-order valence-corrected chi connectivity index (χ4v) is 1.60. The van der Waals surface area contributed by atoms with Gasteiger partial charge in [-0.25, -0.2) is 9.59 Å². The van der Waals surface area contributed by atoms with Gasteiger partial charge in [0.25, 0.3) is 5.69 Å². The SMILES string of the molecule is O=C(O)Oc1cc2cc([N+](=O)[O-])ccc2n1OC(=O)O. The normalized spacial score (nSPS) is 10.2. The molecule has 0 fully saturated rings. The number of rotatable bonds is 3. The lowest BCUT2D eigenvalue weighted by molar-refractivity contribution is -0.384. The van der Waals surface area contributed by atoms with Crippen molar-refractivity contribution < 1.29 is 34.3 Å². The number of ether oxygens (including phenoxy) is 1. The third-order valence-corrected chi connectivity index (χ3v) is 2.28. The smallest absolute Gasteiger partial charge is 0.449 e. The monoisotopic (exact) mass is 282 g/mol. The van der Waals surface area contributed by atoms with Crippen molar-refractivity contribution in [3.63, 3.8) is 0 Å². The zero-order valence-corrected chi connectivity index (χ0v) is 9.55. The van der Waals surface area contributed by atoms with Gasteiger partial charge in [-0.05, 0) is 6.07 Å². The van der Waals surface area contributed by atoms with Crippen LogP contribution in [0.4, 0.5) is 15.3 Å². The molecule has 0 unspecified atom stereocenters. The molecule has 0 aliphatic heterocycles. The molecule has 2 rings (SSSR count). The van der Waals surface area contributed by atoms with Gasteiger partial charge in [0.15, 0.2) is 0 Å². The Bertz CT molecular complexity index is 719. The highest BCUT2D eigenvalue weighted by molar-refractivity contribution is 5.85. The molecular formula is C10H6N2O8. The molecule has 0 saturated carbocycles. The standard InChI is InChI=1S/C10H6N2O8/c13-9(14)19-8-4-5-3-6(12(17)18)1-2-7(5)11(8)20-10(15)16/h1-4H,(H,13,14)(H,15,16). The average molecular weight is 282 g/mol. The van der Waals surface area contributed by atoms with Gasteiger partial charge in [-0.15, -0.1) is 4.73 Å². The number of non-ortho nitro benzene ring substituents is 1. The van der Waals surface area contributed by atoms with E-state index in [-0.39, 0.29) is 16.6 Å². The molecule has 0 aliphatic carbocycles. The van der Waals surface area contributed by atoms with E-state index in [2.05, 4.69) is 9.57 Å². The fraction of sp³-hybridized carbons (Fsp3) is 0. The molecule has 1 aromatic carbocycles. The van der Waals surface area contributed by atoms with Crippen molar-refractivity contribution in [1.29, 1.82) is 0 Å². The number of carboxylic acid groups (broad SMARTS) is 2. The van der Waals surface area contributed by atoms with Crippen molar-refractivity contribution >= 4 is 28.9 Å². The lowest BCUT2D eigenvalue weighted by Crippen LogP contribution is -2.19. The zero-order valence-electron chi connectivity index (χ0n) is 9.55. The van der Waals surface area contributed by atoms with Crippen molar-refractivity contribution in [2.45, 2.75) is 0 Å². The summed E-state index contributed by atoms with van der Waals surface area (Å²) in [6.07, 6.45) is -3.38. The van der Waals surface area contributed by atoms with Crippen LogP contribution in [0.25, 0.3) is 10.9 Å². The fourth-order valence-electron chi connectivity index (χ4n) is 1.60. The molecule has 104 valence electrons. The molecule has 0 bridgehead atoms. The van der Waals surface area contributed by atoms with Crippen molar-refractivity contribution in [3.05, 3.63) is 34.4 Å². The van der Waals surface area contributed by atoms with Gasteiger partial charge in [0.05, 0.1) is 10.4 Å². The summed E-state index contributed by atoms with van der Waals surface area (Å²) in [5, 5.41) is 28.0. The number of hydrogen-bond acceptors (Lipinski definition) is 6. The van der Waals surface area contributed by atoms with Crippen molar-refractivity contribution in [1.82, 2.24) is 4.73 Å². The van der Waals surface area contributed by atoms with Crippen molar-refractivity contribution in [2.75, 3.05) is 0 Å². The maximum absolute atomic E-state index is 10.6. The maximum atomic E-state index is 10.6. The number of aromatic nitrogens is 1. The Hall–Kier alpha value is -3.30. The van der Waals surface area contributed by atoms with Crippen LogP contribution in [0, 0.1) is 10.1 Å². The number of nitro benzene ring substituents is 1. The van der Waals surface area contributed by atoms with Gasteiger partial charge in [-0.1, -0.05) is 0 Å². The molecule has 1 aromatic heterocycles. The van der Waals surface area contributed by atoms with E-state index in [1.165, 1.54) is 6.07 Å². The number of hydrogen-bond donors (Lipinski definition) is 2. The van der Waals surface area contributed by atoms with Gasteiger partial charge in [-0.3, -0.25) is 15.0 Å². The second-order valence-corrected chi connectivity index (χ2v) is 3.50. The molecule has 0 amide bonds. The molecule has 0 atom stereocenters. The molecule has 0 saturated heterocycles. The minimum atomic E-state index is -1.70. The average Bonchev–Trinajstić information content (AvgIpc) is 2.65. The number of nitrogens with zero attached hydrogens (tertiary/aromatic N) is 2. The third kappa shape index (κ3) is 2.43. The summed E-state index contributed by atoms with van der Waals surface area (Å²) in [5.74, 6) is -0.435. The van der Waals surface area contributed by atoms with Crippen LogP contribution in [-0.2, 0) is 0 Å². The van der Waals surface area contributed by atoms with Crippen LogP contribution >= 0.6 is 0 Å². The van der Waals surface area contributed by atoms with Crippen LogP contribution in [0.5, 0.6) is 5.88 Å². The summed E-state index contributed by atoms with van der Waals surface area (Å²) in [6.45, 7) is 0. The number of benzene rings is 1. The summed E-state index contributed by atoms with van der Waals surface area (Å²) in [7, 11) is 0. The number of fused-ring (bicyclic) bond motifs is 1. The van der Waals surface area contributed by atoms with E-state index in [1.54, 1.807) is 0 Å². The Kier molecular flexibility index (Phi) is 3.13. The highest BCUT2D eigenvalue weighted by Crippen LogP contribution is 2.28. The molecule has 2 N–H and O–H groups in total. The van der Waals surface area contributed by atoms with Crippen LogP contribution in [0.15, 0.2) is 24.3 Å². The molecule has 10 heteroatoms. The Labute approximate surface area is 109 Å². The van der Waals surface area contributed by atoms with E-state index in [0.717, 1.165) is 18.2 Å². The molecule has 0 radical (unpaired) electrons. The topological polar surface area (TPSA) is 141 Å². The summed E-state index contributed by atoms with van der Waals surface area (Å²) in [4.78, 5) is 35.4. The van der Waals surface area contributed by atoms with Crippen LogP contribution in [0.3, 0.4) is 0 Å². The van der Waals surface area contributed by atoms with E-state index in [1.807, 2.05) is 0 Å². The number of nitro groups is 1. The van der Waals surface area contributed by atoms with E-state index in [4.69, 9.17) is 10.2 Å². The van der Waals surface area contributed by atoms with Gasteiger partial charge in [0, 0.05) is 23.6 Å². The van der Waals surface area contributed by atoms with Crippen molar-refractivity contribution in [3.8, 4) is 5.88 Å². The van der Waals surface area contributed by atoms with E-state index < -0.39 is 23.1 Å². The molecule has 0 aliphatic rings. The van der Waals surface area contributed by atoms with Crippen LogP contribution in [0.2, 0.25) is 0 Å². The quantitative estimate of drug-likeness (QED) is 0.492. The predicted molar refractivity (Wildman–Crippen MR) is 61.9 cm³/mol. The van der Waals surface area contributed by atoms with Crippen LogP contribution < -0.4 is 9.57 Å². The summed E-state index contributed by atoms with van der Waals surface area (Å²) in [6, 6.07) is 4.57. The van der Waals surface area contributed by atoms with E-state index in [9.17, 15) is 19.7 Å². The summed E-state index contributed by atoms with van der Waals surface area (Å²) < 4.78 is 4.96. The molecule has 2 aromatic rings. The molecule has 0 spiro atoms. The Balaban J connectivity index is 2.61. The van der Waals surface area contributed by atoms with Gasteiger partial charge in [-0.2, -0.15) is 0 Å². The first-order valence-corrected chi connectivity index (χ1v) is 5.00. The highest BCUT2D eigenvalue weighted by atomic mass is 16.8. The third-order valence-electron chi connectivity index (χ3n) is 2.28. The van der Waals surface area contributed by atoms with Crippen molar-refractivity contribution in [2.24, 2.45) is 0 Å². The maximum Gasteiger partial charge on any atom is 0.531 e. The van der Waals surface area contributed by atoms with Crippen LogP contribution in [0.1, 0.15) is 0 Å². The molecular weight excluding hydrogens is 276 g/mol. The molecule has 20 heavy (non-hydrogen) atoms. The lowest BCUT2D eigenvalue weighted by Gasteiger charge is -2.05. The minimum Gasteiger partial charge on any atom is -0.449 e. The second kappa shape index (κ2) is 4.76. The lowest BCUT2D eigenvalue weighted by atomic mass is 10.2. The highest BCUT2D eigenvalue weighted by Gasteiger charge is 2.18. The Morgan fingerprint density at radius 1 is 1.20 bits per heavy atom. The summed E-state index contributed by atoms with van der Waals surface area (Å²) in [5.41, 5.74) is -0.138. The first-order valence-electron chi connectivity index (χ1n) is 5.00. The molecule has 1 heterocycles. The Morgan fingerprint density at radius 2 is 1.90 bits per heavy atom. The van der Waals surface area contributed by atoms with Gasteiger partial charge in [0.1, 0.15) is 0 Å². The predicted octanol–water partition coefficient (Wildman–Crippen LogP) is 1.71. The second-order valence-electron chi connectivity index (χ2n) is 3.50.